The fraction of sp³-hybridized carbons (Fsp3) is 0.250. The van der Waals surface area contributed by atoms with Gasteiger partial charge in [0.15, 0.2) is 5.65 Å². The van der Waals surface area contributed by atoms with E-state index in [4.69, 9.17) is 10.1 Å². The van der Waals surface area contributed by atoms with Crippen LogP contribution in [0.15, 0.2) is 48.5 Å². The highest BCUT2D eigenvalue weighted by atomic mass is 19.1. The molecular weight excluding hydrogens is 407 g/mol. The Hall–Kier alpha value is -3.81. The minimum absolute atomic E-state index is 0.0283. The number of amides is 1. The van der Waals surface area contributed by atoms with Crippen LogP contribution < -0.4 is 10.6 Å². The number of nitrogens with zero attached hydrogens (tertiary/aromatic N) is 4. The highest BCUT2D eigenvalue weighted by molar-refractivity contribution is 5.94. The summed E-state index contributed by atoms with van der Waals surface area (Å²) in [5, 5.41) is 11.6. The summed E-state index contributed by atoms with van der Waals surface area (Å²) in [6.45, 7) is 6.70. The van der Waals surface area contributed by atoms with Gasteiger partial charge in [-0.25, -0.2) is 19.0 Å². The van der Waals surface area contributed by atoms with Crippen molar-refractivity contribution >= 4 is 22.8 Å². The number of carbonyl (C=O) groups excluding carboxylic acids is 1. The van der Waals surface area contributed by atoms with E-state index in [1.165, 1.54) is 12.1 Å². The van der Waals surface area contributed by atoms with E-state index < -0.39 is 11.7 Å². The van der Waals surface area contributed by atoms with E-state index in [9.17, 15) is 9.18 Å². The molecule has 2 aromatic carbocycles. The SMILES string of the molecule is CCc1nc(NCCNC(=O)c2ccccc2F)c2c(C)nn(-c3ccccc3C)c2n1. The molecule has 0 aliphatic heterocycles. The second-order valence-electron chi connectivity index (χ2n) is 7.49. The molecule has 0 fully saturated rings. The molecule has 0 unspecified atom stereocenters. The van der Waals surface area contributed by atoms with Gasteiger partial charge in [0, 0.05) is 19.5 Å². The summed E-state index contributed by atoms with van der Waals surface area (Å²) in [4.78, 5) is 21.6. The molecule has 0 spiro atoms. The van der Waals surface area contributed by atoms with Gasteiger partial charge in [0.05, 0.1) is 22.3 Å². The number of anilines is 1. The minimum Gasteiger partial charge on any atom is -0.368 e. The first kappa shape index (κ1) is 21.4. The first-order valence-electron chi connectivity index (χ1n) is 10.6. The lowest BCUT2D eigenvalue weighted by atomic mass is 10.2. The zero-order valence-corrected chi connectivity index (χ0v) is 18.3. The van der Waals surface area contributed by atoms with E-state index in [-0.39, 0.29) is 5.56 Å². The fourth-order valence-corrected chi connectivity index (χ4v) is 3.58. The quantitative estimate of drug-likeness (QED) is 0.432. The molecule has 2 heterocycles. The van der Waals surface area contributed by atoms with Crippen LogP contribution in [0.2, 0.25) is 0 Å². The van der Waals surface area contributed by atoms with Gasteiger partial charge in [-0.2, -0.15) is 5.10 Å². The molecule has 4 rings (SSSR count). The van der Waals surface area contributed by atoms with Crippen LogP contribution in [0.25, 0.3) is 16.7 Å². The lowest BCUT2D eigenvalue weighted by Gasteiger charge is -2.11. The summed E-state index contributed by atoms with van der Waals surface area (Å²) < 4.78 is 15.6. The normalized spacial score (nSPS) is 11.0. The molecule has 1 amide bonds. The predicted molar refractivity (Wildman–Crippen MR) is 123 cm³/mol. The molecule has 0 aliphatic carbocycles. The lowest BCUT2D eigenvalue weighted by molar-refractivity contribution is 0.0951. The van der Waals surface area contributed by atoms with Crippen LogP contribution in [-0.2, 0) is 6.42 Å². The van der Waals surface area contributed by atoms with Gasteiger partial charge in [-0.1, -0.05) is 37.3 Å². The highest BCUT2D eigenvalue weighted by Gasteiger charge is 2.18. The number of benzene rings is 2. The maximum absolute atomic E-state index is 13.8. The number of para-hydroxylation sites is 1. The molecule has 164 valence electrons. The van der Waals surface area contributed by atoms with Gasteiger partial charge in [0.25, 0.3) is 5.91 Å². The van der Waals surface area contributed by atoms with Crippen LogP contribution in [0.4, 0.5) is 10.2 Å². The molecule has 0 atom stereocenters. The van der Waals surface area contributed by atoms with Crippen molar-refractivity contribution in [3.8, 4) is 5.69 Å². The second-order valence-corrected chi connectivity index (χ2v) is 7.49. The minimum atomic E-state index is -0.540. The third kappa shape index (κ3) is 4.16. The summed E-state index contributed by atoms with van der Waals surface area (Å²) in [6, 6.07) is 13.9. The van der Waals surface area contributed by atoms with Crippen molar-refractivity contribution in [2.75, 3.05) is 18.4 Å². The van der Waals surface area contributed by atoms with E-state index in [2.05, 4.69) is 15.6 Å². The zero-order chi connectivity index (χ0) is 22.7. The Morgan fingerprint density at radius 1 is 1.03 bits per heavy atom. The van der Waals surface area contributed by atoms with Crippen molar-refractivity contribution in [2.24, 2.45) is 0 Å². The summed E-state index contributed by atoms with van der Waals surface area (Å²) in [5.74, 6) is 0.382. The summed E-state index contributed by atoms with van der Waals surface area (Å²) in [6.07, 6.45) is 0.673. The molecule has 32 heavy (non-hydrogen) atoms. The molecular formula is C24H25FN6O. The first-order valence-corrected chi connectivity index (χ1v) is 10.6. The number of fused-ring (bicyclic) bond motifs is 1. The summed E-state index contributed by atoms with van der Waals surface area (Å²) >= 11 is 0. The van der Waals surface area contributed by atoms with E-state index in [0.717, 1.165) is 28.0 Å². The van der Waals surface area contributed by atoms with Crippen molar-refractivity contribution in [1.82, 2.24) is 25.1 Å². The Morgan fingerprint density at radius 2 is 1.78 bits per heavy atom. The molecule has 0 bridgehead atoms. The number of carbonyl (C=O) groups is 1. The zero-order valence-electron chi connectivity index (χ0n) is 18.3. The van der Waals surface area contributed by atoms with Crippen molar-refractivity contribution < 1.29 is 9.18 Å². The van der Waals surface area contributed by atoms with Gasteiger partial charge in [-0.05, 0) is 37.6 Å². The van der Waals surface area contributed by atoms with Crippen LogP contribution in [0.1, 0.15) is 34.4 Å². The van der Waals surface area contributed by atoms with Crippen molar-refractivity contribution in [2.45, 2.75) is 27.2 Å². The number of nitrogens with one attached hydrogen (secondary N) is 2. The summed E-state index contributed by atoms with van der Waals surface area (Å²) in [7, 11) is 0. The molecule has 8 heteroatoms. The fourth-order valence-electron chi connectivity index (χ4n) is 3.58. The van der Waals surface area contributed by atoms with Gasteiger partial charge in [0.2, 0.25) is 0 Å². The number of rotatable bonds is 7. The van der Waals surface area contributed by atoms with Crippen LogP contribution >= 0.6 is 0 Å². The highest BCUT2D eigenvalue weighted by Crippen LogP contribution is 2.27. The maximum atomic E-state index is 13.8. The van der Waals surface area contributed by atoms with Crippen molar-refractivity contribution in [1.29, 1.82) is 0 Å². The molecule has 0 saturated carbocycles. The standard InChI is InChI=1S/C24H25FN6O/c1-4-20-28-22(26-13-14-27-24(32)17-10-6-7-11-18(17)25)21-16(3)30-31(23(21)29-20)19-12-8-5-9-15(19)2/h5-12H,4,13-14H2,1-3H3,(H,27,32)(H,26,28,29). The van der Waals surface area contributed by atoms with Crippen LogP contribution in [0.3, 0.4) is 0 Å². The molecule has 7 nitrogen and oxygen atoms in total. The van der Waals surface area contributed by atoms with E-state index in [1.807, 2.05) is 49.7 Å². The monoisotopic (exact) mass is 432 g/mol. The van der Waals surface area contributed by atoms with Crippen LogP contribution in [-0.4, -0.2) is 38.7 Å². The Kier molecular flexibility index (Phi) is 6.11. The maximum Gasteiger partial charge on any atom is 0.254 e. The largest absolute Gasteiger partial charge is 0.368 e. The Bertz CT molecular complexity index is 1280. The molecule has 0 radical (unpaired) electrons. The predicted octanol–water partition coefficient (Wildman–Crippen LogP) is 3.98. The lowest BCUT2D eigenvalue weighted by Crippen LogP contribution is -2.29. The molecule has 4 aromatic rings. The second kappa shape index (κ2) is 9.13. The van der Waals surface area contributed by atoms with Crippen LogP contribution in [0.5, 0.6) is 0 Å². The van der Waals surface area contributed by atoms with Gasteiger partial charge >= 0.3 is 0 Å². The van der Waals surface area contributed by atoms with E-state index in [0.29, 0.717) is 31.2 Å². The van der Waals surface area contributed by atoms with Crippen LogP contribution in [0, 0.1) is 19.7 Å². The van der Waals surface area contributed by atoms with Gasteiger partial charge < -0.3 is 10.6 Å². The van der Waals surface area contributed by atoms with Crippen molar-refractivity contribution in [3.05, 3.63) is 77.0 Å². The average molecular weight is 433 g/mol. The number of aryl methyl sites for hydroxylation is 3. The summed E-state index contributed by atoms with van der Waals surface area (Å²) in [5.41, 5.74) is 3.64. The topological polar surface area (TPSA) is 84.7 Å². The van der Waals surface area contributed by atoms with Crippen molar-refractivity contribution in [3.63, 3.8) is 0 Å². The average Bonchev–Trinajstić information content (AvgIpc) is 3.13. The third-order valence-corrected chi connectivity index (χ3v) is 5.23. The number of aromatic nitrogens is 4. The van der Waals surface area contributed by atoms with E-state index >= 15 is 0 Å². The Morgan fingerprint density at radius 3 is 2.53 bits per heavy atom. The van der Waals surface area contributed by atoms with Gasteiger partial charge in [-0.15, -0.1) is 0 Å². The Labute approximate surface area is 185 Å². The van der Waals surface area contributed by atoms with Gasteiger partial charge in [-0.3, -0.25) is 4.79 Å². The number of hydrogen-bond acceptors (Lipinski definition) is 5. The smallest absolute Gasteiger partial charge is 0.254 e. The molecule has 2 aromatic heterocycles. The molecule has 2 N–H and O–H groups in total. The third-order valence-electron chi connectivity index (χ3n) is 5.23. The van der Waals surface area contributed by atoms with Gasteiger partial charge in [0.1, 0.15) is 17.5 Å². The number of hydrogen-bond donors (Lipinski definition) is 2. The molecule has 0 aliphatic rings. The molecule has 0 saturated heterocycles. The van der Waals surface area contributed by atoms with E-state index in [1.54, 1.807) is 12.1 Å². The Balaban J connectivity index is 1.57. The first-order chi connectivity index (χ1) is 15.5. The number of halogens is 1.